The van der Waals surface area contributed by atoms with Crippen LogP contribution in [-0.4, -0.2) is 21.6 Å². The Bertz CT molecular complexity index is 984. The molecular formula is C19H15FN4O2. The van der Waals surface area contributed by atoms with Gasteiger partial charge in [-0.25, -0.2) is 9.07 Å². The summed E-state index contributed by atoms with van der Waals surface area (Å²) in [5.41, 5.74) is 1.87. The zero-order valence-corrected chi connectivity index (χ0v) is 13.6. The first kappa shape index (κ1) is 16.0. The third-order valence-corrected chi connectivity index (χ3v) is 4.14. The van der Waals surface area contributed by atoms with Gasteiger partial charge in [-0.05, 0) is 18.2 Å². The number of hydrogen-bond donors (Lipinski definition) is 2. The molecule has 6 nitrogen and oxygen atoms in total. The smallest absolute Gasteiger partial charge is 0.249 e. The lowest BCUT2D eigenvalue weighted by Gasteiger charge is -2.23. The van der Waals surface area contributed by atoms with Crippen LogP contribution in [0.3, 0.4) is 0 Å². The molecule has 1 atom stereocenters. The van der Waals surface area contributed by atoms with Crippen LogP contribution >= 0.6 is 0 Å². The lowest BCUT2D eigenvalue weighted by molar-refractivity contribution is -0.125. The fraction of sp³-hybridized carbons (Fsp3) is 0.105. The number of nitrogens with one attached hydrogen (secondary N) is 2. The van der Waals surface area contributed by atoms with Crippen molar-refractivity contribution in [1.29, 1.82) is 0 Å². The molecule has 130 valence electrons. The van der Waals surface area contributed by atoms with Crippen molar-refractivity contribution in [3.63, 3.8) is 0 Å². The van der Waals surface area contributed by atoms with Gasteiger partial charge in [0.15, 0.2) is 0 Å². The number of fused-ring (bicyclic) bond motifs is 1. The molecule has 7 heteroatoms. The normalized spacial score (nSPS) is 15.9. The number of aromatic nitrogens is 2. The summed E-state index contributed by atoms with van der Waals surface area (Å²) in [5, 5.41) is 9.86. The Morgan fingerprint density at radius 1 is 1.15 bits per heavy atom. The minimum Gasteiger partial charge on any atom is -0.324 e. The molecular weight excluding hydrogens is 335 g/mol. The highest BCUT2D eigenvalue weighted by Crippen LogP contribution is 2.30. The Morgan fingerprint density at radius 2 is 1.96 bits per heavy atom. The average Bonchev–Trinajstić information content (AvgIpc) is 3.05. The van der Waals surface area contributed by atoms with E-state index in [4.69, 9.17) is 0 Å². The molecule has 26 heavy (non-hydrogen) atoms. The van der Waals surface area contributed by atoms with E-state index in [1.165, 1.54) is 22.9 Å². The fourth-order valence-corrected chi connectivity index (χ4v) is 2.93. The molecule has 2 N–H and O–H groups in total. The lowest BCUT2D eigenvalue weighted by atomic mass is 10.1. The second kappa shape index (κ2) is 6.44. The number of rotatable bonds is 3. The van der Waals surface area contributed by atoms with Crippen molar-refractivity contribution in [3.05, 3.63) is 66.5 Å². The van der Waals surface area contributed by atoms with Crippen LogP contribution in [-0.2, 0) is 9.59 Å². The Hall–Kier alpha value is -3.48. The largest absolute Gasteiger partial charge is 0.324 e. The van der Waals surface area contributed by atoms with E-state index in [-0.39, 0.29) is 12.3 Å². The third-order valence-electron chi connectivity index (χ3n) is 4.14. The Kier molecular flexibility index (Phi) is 3.96. The van der Waals surface area contributed by atoms with Gasteiger partial charge in [-0.1, -0.05) is 36.4 Å². The van der Waals surface area contributed by atoms with Crippen LogP contribution < -0.4 is 10.6 Å². The monoisotopic (exact) mass is 350 g/mol. The lowest BCUT2D eigenvalue weighted by Crippen LogP contribution is -2.35. The summed E-state index contributed by atoms with van der Waals surface area (Å²) >= 11 is 0. The van der Waals surface area contributed by atoms with Crippen molar-refractivity contribution in [1.82, 2.24) is 9.78 Å². The Balaban J connectivity index is 1.65. The van der Waals surface area contributed by atoms with Crippen LogP contribution in [0.2, 0.25) is 0 Å². The van der Waals surface area contributed by atoms with Gasteiger partial charge in [0, 0.05) is 17.3 Å². The van der Waals surface area contributed by atoms with Crippen LogP contribution in [0.1, 0.15) is 12.5 Å². The topological polar surface area (TPSA) is 76.0 Å². The molecule has 0 fully saturated rings. The second-order valence-electron chi connectivity index (χ2n) is 5.99. The zero-order chi connectivity index (χ0) is 18.1. The maximum Gasteiger partial charge on any atom is 0.249 e. The average molecular weight is 350 g/mol. The number of carbonyl (C=O) groups excluding carboxylic acids is 2. The molecule has 0 saturated carbocycles. The highest BCUT2D eigenvalue weighted by atomic mass is 19.1. The number of halogens is 1. The summed E-state index contributed by atoms with van der Waals surface area (Å²) in [4.78, 5) is 24.7. The molecule has 0 spiro atoms. The summed E-state index contributed by atoms with van der Waals surface area (Å²) in [5.74, 6) is -0.680. The second-order valence-corrected chi connectivity index (χ2v) is 5.99. The van der Waals surface area contributed by atoms with Gasteiger partial charge in [0.1, 0.15) is 17.7 Å². The first-order valence-electron chi connectivity index (χ1n) is 8.11. The van der Waals surface area contributed by atoms with Crippen LogP contribution in [0.5, 0.6) is 0 Å². The predicted molar refractivity (Wildman–Crippen MR) is 95.0 cm³/mol. The number of nitrogens with zero attached hydrogens (tertiary/aromatic N) is 2. The van der Waals surface area contributed by atoms with E-state index in [0.29, 0.717) is 17.2 Å². The molecule has 1 aromatic heterocycles. The van der Waals surface area contributed by atoms with E-state index in [9.17, 15) is 14.0 Å². The number of hydrogen-bond acceptors (Lipinski definition) is 3. The quantitative estimate of drug-likeness (QED) is 0.762. The molecule has 0 bridgehead atoms. The molecule has 0 radical (unpaired) electrons. The molecule has 1 aliphatic heterocycles. The van der Waals surface area contributed by atoms with Gasteiger partial charge in [0.2, 0.25) is 11.8 Å². The third kappa shape index (κ3) is 3.06. The van der Waals surface area contributed by atoms with Crippen LogP contribution in [0.15, 0.2) is 60.7 Å². The van der Waals surface area contributed by atoms with Gasteiger partial charge in [-0.2, -0.15) is 5.10 Å². The van der Waals surface area contributed by atoms with Crippen molar-refractivity contribution >= 4 is 23.3 Å². The summed E-state index contributed by atoms with van der Waals surface area (Å²) in [7, 11) is 0. The Morgan fingerprint density at radius 3 is 2.73 bits per heavy atom. The van der Waals surface area contributed by atoms with Crippen molar-refractivity contribution in [2.45, 2.75) is 12.5 Å². The molecule has 3 aromatic rings. The molecule has 0 aliphatic carbocycles. The standard InChI is InChI=1S/C19H15FN4O2/c20-13-7-4-8-14(9-13)21-19(26)16-11-18(25)22-17-10-15(23-24(16)17)12-5-2-1-3-6-12/h1-10,16H,11H2,(H,21,26)(H,22,25)/t16-/m0/s1. The number of benzene rings is 2. The first-order chi connectivity index (χ1) is 12.6. The minimum atomic E-state index is -0.806. The van der Waals surface area contributed by atoms with E-state index in [2.05, 4.69) is 15.7 Å². The van der Waals surface area contributed by atoms with Gasteiger partial charge in [0.05, 0.1) is 12.1 Å². The molecule has 0 unspecified atom stereocenters. The first-order valence-corrected chi connectivity index (χ1v) is 8.11. The molecule has 0 saturated heterocycles. The van der Waals surface area contributed by atoms with Gasteiger partial charge in [-0.3, -0.25) is 9.59 Å². The number of anilines is 2. The van der Waals surface area contributed by atoms with E-state index in [1.807, 2.05) is 30.3 Å². The number of carbonyl (C=O) groups is 2. The van der Waals surface area contributed by atoms with Crippen molar-refractivity contribution in [2.75, 3.05) is 10.6 Å². The zero-order valence-electron chi connectivity index (χ0n) is 13.6. The van der Waals surface area contributed by atoms with Gasteiger partial charge in [-0.15, -0.1) is 0 Å². The predicted octanol–water partition coefficient (Wildman–Crippen LogP) is 3.21. The molecule has 2 amide bonds. The van der Waals surface area contributed by atoms with E-state index < -0.39 is 17.8 Å². The molecule has 2 aromatic carbocycles. The van der Waals surface area contributed by atoms with Gasteiger partial charge >= 0.3 is 0 Å². The maximum atomic E-state index is 13.3. The fourth-order valence-electron chi connectivity index (χ4n) is 2.93. The Labute approximate surface area is 148 Å². The molecule has 1 aliphatic rings. The summed E-state index contributed by atoms with van der Waals surface area (Å²) in [6, 6.07) is 16.0. The number of amides is 2. The van der Waals surface area contributed by atoms with Crippen LogP contribution in [0.4, 0.5) is 15.9 Å². The van der Waals surface area contributed by atoms with E-state index >= 15 is 0 Å². The van der Waals surface area contributed by atoms with Crippen molar-refractivity contribution in [3.8, 4) is 11.3 Å². The maximum absolute atomic E-state index is 13.3. The van der Waals surface area contributed by atoms with E-state index in [1.54, 1.807) is 12.1 Å². The van der Waals surface area contributed by atoms with Crippen LogP contribution in [0.25, 0.3) is 11.3 Å². The summed E-state index contributed by atoms with van der Waals surface area (Å²) in [6.45, 7) is 0. The van der Waals surface area contributed by atoms with Crippen LogP contribution in [0, 0.1) is 5.82 Å². The molecule has 2 heterocycles. The van der Waals surface area contributed by atoms with Crippen molar-refractivity contribution in [2.24, 2.45) is 0 Å². The van der Waals surface area contributed by atoms with E-state index in [0.717, 1.165) is 5.56 Å². The molecule has 4 rings (SSSR count). The summed E-state index contributed by atoms with van der Waals surface area (Å²) < 4.78 is 14.8. The van der Waals surface area contributed by atoms with Crippen molar-refractivity contribution < 1.29 is 14.0 Å². The summed E-state index contributed by atoms with van der Waals surface area (Å²) in [6.07, 6.45) is -0.0376. The minimum absolute atomic E-state index is 0.0376. The highest BCUT2D eigenvalue weighted by Gasteiger charge is 2.32. The highest BCUT2D eigenvalue weighted by molar-refractivity contribution is 6.01. The SMILES string of the molecule is O=C1C[C@@H](C(=O)Nc2cccc(F)c2)n2nc(-c3ccccc3)cc2N1. The van der Waals surface area contributed by atoms with Gasteiger partial charge in [0.25, 0.3) is 0 Å². The van der Waals surface area contributed by atoms with Gasteiger partial charge < -0.3 is 10.6 Å².